The van der Waals surface area contributed by atoms with E-state index in [1.165, 1.54) is 29.2 Å². The average molecular weight is 547 g/mol. The van der Waals surface area contributed by atoms with Crippen molar-refractivity contribution in [3.8, 4) is 6.07 Å². The first-order valence-electron chi connectivity index (χ1n) is 10.2. The predicted molar refractivity (Wildman–Crippen MR) is 138 cm³/mol. The van der Waals surface area contributed by atoms with Gasteiger partial charge in [-0.2, -0.15) is 5.26 Å². The number of anilines is 2. The Bertz CT molecular complexity index is 1370. The third-order valence-electron chi connectivity index (χ3n) is 5.11. The summed E-state index contributed by atoms with van der Waals surface area (Å²) in [5.41, 5.74) is 1.15. The lowest BCUT2D eigenvalue weighted by Gasteiger charge is -2.19. The smallest absolute Gasteiger partial charge is 0.269 e. The maximum Gasteiger partial charge on any atom is 0.269 e. The standard InChI is InChI=1S/C25H15Cl3FN3O2S/c26-15-1-8-19(9-2-15)32-24(34)22(12-14-11-16(27)3-10-21(14)28)35-25(32)20(13-30)23(33)31-18-6-4-17(29)5-7-18/h1-11,22H,12H2,(H,31,33). The van der Waals surface area contributed by atoms with Crippen LogP contribution < -0.4 is 10.2 Å². The molecule has 1 saturated heterocycles. The van der Waals surface area contributed by atoms with E-state index in [0.717, 1.165) is 11.8 Å². The topological polar surface area (TPSA) is 73.2 Å². The molecule has 2 amide bonds. The molecule has 5 nitrogen and oxygen atoms in total. The first kappa shape index (κ1) is 25.1. The second kappa shape index (κ2) is 10.7. The molecule has 0 aliphatic carbocycles. The highest BCUT2D eigenvalue weighted by Gasteiger charge is 2.41. The van der Waals surface area contributed by atoms with Gasteiger partial charge in [-0.3, -0.25) is 14.5 Å². The van der Waals surface area contributed by atoms with E-state index in [1.807, 2.05) is 6.07 Å². The largest absolute Gasteiger partial charge is 0.321 e. The highest BCUT2D eigenvalue weighted by molar-refractivity contribution is 8.05. The molecular formula is C25H15Cl3FN3O2S. The van der Waals surface area contributed by atoms with E-state index in [9.17, 15) is 19.2 Å². The average Bonchev–Trinajstić information content (AvgIpc) is 3.14. The zero-order valence-electron chi connectivity index (χ0n) is 17.8. The summed E-state index contributed by atoms with van der Waals surface area (Å²) in [5.74, 6) is -1.52. The van der Waals surface area contributed by atoms with Crippen molar-refractivity contribution in [3.05, 3.63) is 104 Å². The van der Waals surface area contributed by atoms with E-state index in [-0.39, 0.29) is 22.9 Å². The summed E-state index contributed by atoms with van der Waals surface area (Å²) in [7, 11) is 0. The SMILES string of the molecule is N#CC(C(=O)Nc1ccc(F)cc1)=C1SC(Cc2cc(Cl)ccc2Cl)C(=O)N1c1ccc(Cl)cc1. The Balaban J connectivity index is 1.73. The van der Waals surface area contributed by atoms with Crippen molar-refractivity contribution in [1.29, 1.82) is 5.26 Å². The van der Waals surface area contributed by atoms with E-state index >= 15 is 0 Å². The fourth-order valence-corrected chi connectivity index (χ4v) is 5.25. The van der Waals surface area contributed by atoms with E-state index in [1.54, 1.807) is 42.5 Å². The molecule has 4 rings (SSSR count). The minimum absolute atomic E-state index is 0.169. The Kier molecular flexibility index (Phi) is 7.68. The second-order valence-electron chi connectivity index (χ2n) is 7.45. The normalized spacial score (nSPS) is 16.7. The molecule has 35 heavy (non-hydrogen) atoms. The lowest BCUT2D eigenvalue weighted by Crippen LogP contribution is -2.31. The highest BCUT2D eigenvalue weighted by atomic mass is 35.5. The highest BCUT2D eigenvalue weighted by Crippen LogP contribution is 2.43. The predicted octanol–water partition coefficient (Wildman–Crippen LogP) is 6.85. The molecule has 1 N–H and O–H groups in total. The van der Waals surface area contributed by atoms with Crippen LogP contribution in [0.15, 0.2) is 77.3 Å². The van der Waals surface area contributed by atoms with Crippen molar-refractivity contribution < 1.29 is 14.0 Å². The van der Waals surface area contributed by atoms with Crippen LogP contribution in [-0.4, -0.2) is 17.1 Å². The van der Waals surface area contributed by atoms with E-state index in [4.69, 9.17) is 34.8 Å². The number of nitriles is 1. The zero-order valence-corrected chi connectivity index (χ0v) is 20.9. The number of nitrogens with one attached hydrogen (secondary N) is 1. The van der Waals surface area contributed by atoms with Crippen LogP contribution in [0, 0.1) is 17.1 Å². The molecule has 176 valence electrons. The van der Waals surface area contributed by atoms with Gasteiger partial charge in [-0.1, -0.05) is 46.6 Å². The molecule has 0 spiro atoms. The third kappa shape index (κ3) is 5.63. The Morgan fingerprint density at radius 2 is 1.69 bits per heavy atom. The number of amides is 2. The van der Waals surface area contributed by atoms with Gasteiger partial charge in [-0.05, 0) is 78.7 Å². The number of hydrogen-bond acceptors (Lipinski definition) is 4. The van der Waals surface area contributed by atoms with E-state index < -0.39 is 17.0 Å². The van der Waals surface area contributed by atoms with Crippen LogP contribution in [-0.2, 0) is 16.0 Å². The summed E-state index contributed by atoms with van der Waals surface area (Å²) >= 11 is 19.5. The number of rotatable bonds is 5. The summed E-state index contributed by atoms with van der Waals surface area (Å²) in [6, 6.07) is 18.5. The lowest BCUT2D eigenvalue weighted by molar-refractivity contribution is -0.117. The van der Waals surface area contributed by atoms with Gasteiger partial charge >= 0.3 is 0 Å². The number of benzene rings is 3. The quantitative estimate of drug-likeness (QED) is 0.281. The number of carbonyl (C=O) groups excluding carboxylic acids is 2. The maximum absolute atomic E-state index is 13.5. The Hall–Kier alpha value is -3.02. The number of carbonyl (C=O) groups is 2. The van der Waals surface area contributed by atoms with Gasteiger partial charge in [-0.25, -0.2) is 4.39 Å². The summed E-state index contributed by atoms with van der Waals surface area (Å²) in [6.45, 7) is 0. The summed E-state index contributed by atoms with van der Waals surface area (Å²) in [6.07, 6.45) is 0.231. The maximum atomic E-state index is 13.5. The van der Waals surface area contributed by atoms with Crippen LogP contribution >= 0.6 is 46.6 Å². The number of halogens is 4. The zero-order chi connectivity index (χ0) is 25.1. The van der Waals surface area contributed by atoms with Crippen LogP contribution in [0.2, 0.25) is 15.1 Å². The molecule has 0 bridgehead atoms. The molecule has 1 fully saturated rings. The molecule has 1 aliphatic rings. The van der Waals surface area contributed by atoms with Gasteiger partial charge in [0.05, 0.1) is 5.25 Å². The molecular weight excluding hydrogens is 532 g/mol. The van der Waals surface area contributed by atoms with Crippen molar-refractivity contribution in [2.45, 2.75) is 11.7 Å². The van der Waals surface area contributed by atoms with Gasteiger partial charge in [0, 0.05) is 26.4 Å². The van der Waals surface area contributed by atoms with Gasteiger partial charge in [0.25, 0.3) is 5.91 Å². The van der Waals surface area contributed by atoms with Crippen LogP contribution in [0.4, 0.5) is 15.8 Å². The number of hydrogen-bond donors (Lipinski definition) is 1. The molecule has 1 atom stereocenters. The fraction of sp³-hybridized carbons (Fsp3) is 0.0800. The first-order valence-corrected chi connectivity index (χ1v) is 12.2. The molecule has 3 aromatic rings. The fourth-order valence-electron chi connectivity index (χ4n) is 3.44. The Labute approximate surface area is 220 Å². The molecule has 10 heteroatoms. The van der Waals surface area contributed by atoms with Gasteiger partial charge in [0.15, 0.2) is 0 Å². The van der Waals surface area contributed by atoms with E-state index in [0.29, 0.717) is 32.0 Å². The minimum atomic E-state index is -0.727. The Morgan fingerprint density at radius 3 is 2.34 bits per heavy atom. The van der Waals surface area contributed by atoms with Crippen LogP contribution in [0.5, 0.6) is 0 Å². The third-order valence-corrected chi connectivity index (χ3v) is 7.22. The number of nitrogens with zero attached hydrogens (tertiary/aromatic N) is 2. The van der Waals surface area contributed by atoms with Crippen molar-refractivity contribution in [2.24, 2.45) is 0 Å². The van der Waals surface area contributed by atoms with Crippen LogP contribution in [0.25, 0.3) is 0 Å². The summed E-state index contributed by atoms with van der Waals surface area (Å²) in [5, 5.41) is 13.4. The monoisotopic (exact) mass is 545 g/mol. The van der Waals surface area contributed by atoms with Crippen molar-refractivity contribution >= 4 is 69.8 Å². The van der Waals surface area contributed by atoms with Crippen LogP contribution in [0.1, 0.15) is 5.56 Å². The van der Waals surface area contributed by atoms with E-state index in [2.05, 4.69) is 5.32 Å². The first-order chi connectivity index (χ1) is 16.8. The van der Waals surface area contributed by atoms with Crippen molar-refractivity contribution in [3.63, 3.8) is 0 Å². The molecule has 1 heterocycles. The lowest BCUT2D eigenvalue weighted by atomic mass is 10.1. The van der Waals surface area contributed by atoms with Crippen LogP contribution in [0.3, 0.4) is 0 Å². The Morgan fingerprint density at radius 1 is 1.03 bits per heavy atom. The van der Waals surface area contributed by atoms with Gasteiger partial charge in [0.2, 0.25) is 5.91 Å². The van der Waals surface area contributed by atoms with Crippen molar-refractivity contribution in [2.75, 3.05) is 10.2 Å². The molecule has 0 aromatic heterocycles. The molecule has 1 unspecified atom stereocenters. The van der Waals surface area contributed by atoms with Crippen molar-refractivity contribution in [1.82, 2.24) is 0 Å². The molecule has 0 radical (unpaired) electrons. The minimum Gasteiger partial charge on any atom is -0.321 e. The molecule has 1 aliphatic heterocycles. The van der Waals surface area contributed by atoms with Gasteiger partial charge in [0.1, 0.15) is 22.5 Å². The summed E-state index contributed by atoms with van der Waals surface area (Å²) in [4.78, 5) is 27.9. The summed E-state index contributed by atoms with van der Waals surface area (Å²) < 4.78 is 13.2. The second-order valence-corrected chi connectivity index (χ2v) is 9.92. The number of thioether (sulfide) groups is 1. The van der Waals surface area contributed by atoms with Gasteiger partial charge in [-0.15, -0.1) is 0 Å². The molecule has 3 aromatic carbocycles. The molecule has 0 saturated carbocycles. The van der Waals surface area contributed by atoms with Gasteiger partial charge < -0.3 is 5.32 Å².